The summed E-state index contributed by atoms with van der Waals surface area (Å²) in [6, 6.07) is 7.90. The maximum atomic E-state index is 12.3. The van der Waals surface area contributed by atoms with Crippen LogP contribution in [0.5, 0.6) is 0 Å². The third-order valence-corrected chi connectivity index (χ3v) is 3.51. The van der Waals surface area contributed by atoms with Gasteiger partial charge in [-0.05, 0) is 51.0 Å². The Morgan fingerprint density at radius 3 is 2.36 bits per heavy atom. The zero-order valence-corrected chi connectivity index (χ0v) is 13.8. The first-order valence-electron chi connectivity index (χ1n) is 7.39. The SMILES string of the molecule is CCOC(=O)C(=Nc1c(C)cc(C)cc1C)c1cccn1C. The highest BCUT2D eigenvalue weighted by Crippen LogP contribution is 2.26. The highest BCUT2D eigenvalue weighted by atomic mass is 16.5. The maximum absolute atomic E-state index is 12.3. The van der Waals surface area contributed by atoms with Crippen molar-refractivity contribution in [2.45, 2.75) is 27.7 Å². The molecule has 0 bridgehead atoms. The topological polar surface area (TPSA) is 43.6 Å². The number of ether oxygens (including phenoxy) is 1. The molecule has 0 atom stereocenters. The number of aliphatic imine (C=N–C) groups is 1. The van der Waals surface area contributed by atoms with Crippen LogP contribution in [0.2, 0.25) is 0 Å². The van der Waals surface area contributed by atoms with Gasteiger partial charge in [-0.1, -0.05) is 17.7 Å². The lowest BCUT2D eigenvalue weighted by molar-refractivity contribution is -0.134. The molecule has 0 aliphatic heterocycles. The van der Waals surface area contributed by atoms with Crippen LogP contribution in [0, 0.1) is 20.8 Å². The second-order valence-electron chi connectivity index (χ2n) is 5.43. The van der Waals surface area contributed by atoms with E-state index in [9.17, 15) is 4.79 Å². The molecule has 116 valence electrons. The number of carbonyl (C=O) groups excluding carboxylic acids is 1. The molecule has 22 heavy (non-hydrogen) atoms. The number of esters is 1. The standard InChI is InChI=1S/C18H22N2O2/c1-6-22-18(21)17(15-8-7-9-20(15)5)19-16-13(3)10-12(2)11-14(16)4/h7-11H,6H2,1-5H3. The van der Waals surface area contributed by atoms with Crippen LogP contribution < -0.4 is 0 Å². The normalized spacial score (nSPS) is 11.6. The molecule has 0 N–H and O–H groups in total. The lowest BCUT2D eigenvalue weighted by Crippen LogP contribution is -2.21. The molecule has 1 heterocycles. The molecule has 0 aliphatic rings. The van der Waals surface area contributed by atoms with Gasteiger partial charge in [-0.3, -0.25) is 0 Å². The van der Waals surface area contributed by atoms with Gasteiger partial charge in [0.25, 0.3) is 0 Å². The first kappa shape index (κ1) is 16.0. The average molecular weight is 298 g/mol. The Hall–Kier alpha value is -2.36. The van der Waals surface area contributed by atoms with Crippen LogP contribution in [0.25, 0.3) is 0 Å². The molecule has 1 aromatic heterocycles. The van der Waals surface area contributed by atoms with Crippen LogP contribution in [0.3, 0.4) is 0 Å². The lowest BCUT2D eigenvalue weighted by atomic mass is 10.1. The Morgan fingerprint density at radius 1 is 1.23 bits per heavy atom. The fraction of sp³-hybridized carbons (Fsp3) is 0.333. The molecule has 0 saturated carbocycles. The van der Waals surface area contributed by atoms with E-state index < -0.39 is 5.97 Å². The molecule has 4 heteroatoms. The van der Waals surface area contributed by atoms with Crippen LogP contribution in [0.4, 0.5) is 5.69 Å². The van der Waals surface area contributed by atoms with E-state index in [-0.39, 0.29) is 0 Å². The maximum Gasteiger partial charge on any atom is 0.359 e. The van der Waals surface area contributed by atoms with E-state index in [0.717, 1.165) is 22.5 Å². The van der Waals surface area contributed by atoms with Gasteiger partial charge in [0, 0.05) is 13.2 Å². The van der Waals surface area contributed by atoms with Crippen molar-refractivity contribution in [1.82, 2.24) is 4.57 Å². The summed E-state index contributed by atoms with van der Waals surface area (Å²) in [4.78, 5) is 17.0. The van der Waals surface area contributed by atoms with Gasteiger partial charge in [0.15, 0.2) is 5.71 Å². The molecule has 2 rings (SSSR count). The zero-order valence-electron chi connectivity index (χ0n) is 13.8. The smallest absolute Gasteiger partial charge is 0.359 e. The Morgan fingerprint density at radius 2 is 1.86 bits per heavy atom. The van der Waals surface area contributed by atoms with E-state index in [1.807, 2.05) is 43.8 Å². The van der Waals surface area contributed by atoms with Crippen LogP contribution in [0.1, 0.15) is 29.3 Å². The summed E-state index contributed by atoms with van der Waals surface area (Å²) in [5.41, 5.74) is 5.20. The quantitative estimate of drug-likeness (QED) is 0.639. The summed E-state index contributed by atoms with van der Waals surface area (Å²) in [5.74, 6) is -0.399. The second kappa shape index (κ2) is 6.60. The van der Waals surface area contributed by atoms with E-state index in [1.165, 1.54) is 5.56 Å². The Balaban J connectivity index is 2.59. The number of carbonyl (C=O) groups is 1. The molecule has 0 aliphatic carbocycles. The van der Waals surface area contributed by atoms with E-state index in [2.05, 4.69) is 24.0 Å². The molecule has 4 nitrogen and oxygen atoms in total. The van der Waals surface area contributed by atoms with Gasteiger partial charge in [-0.15, -0.1) is 0 Å². The van der Waals surface area contributed by atoms with E-state index in [0.29, 0.717) is 12.3 Å². The Kier molecular flexibility index (Phi) is 4.81. The van der Waals surface area contributed by atoms with Crippen molar-refractivity contribution in [2.75, 3.05) is 6.61 Å². The first-order valence-corrected chi connectivity index (χ1v) is 7.39. The third-order valence-electron chi connectivity index (χ3n) is 3.51. The average Bonchev–Trinajstić information content (AvgIpc) is 2.84. The van der Waals surface area contributed by atoms with Gasteiger partial charge >= 0.3 is 5.97 Å². The van der Waals surface area contributed by atoms with Crippen molar-refractivity contribution in [3.05, 3.63) is 52.8 Å². The second-order valence-corrected chi connectivity index (χ2v) is 5.43. The number of nitrogens with zero attached hydrogens (tertiary/aromatic N) is 2. The summed E-state index contributed by atoms with van der Waals surface area (Å²) < 4.78 is 7.05. The number of benzene rings is 1. The van der Waals surface area contributed by atoms with E-state index >= 15 is 0 Å². The van der Waals surface area contributed by atoms with Crippen LogP contribution in [0.15, 0.2) is 35.5 Å². The minimum Gasteiger partial charge on any atom is -0.461 e. The zero-order chi connectivity index (χ0) is 16.3. The van der Waals surface area contributed by atoms with Gasteiger partial charge in [0.2, 0.25) is 0 Å². The van der Waals surface area contributed by atoms with Gasteiger partial charge in [-0.2, -0.15) is 0 Å². The van der Waals surface area contributed by atoms with Crippen LogP contribution in [-0.2, 0) is 16.6 Å². The van der Waals surface area contributed by atoms with Gasteiger partial charge in [-0.25, -0.2) is 9.79 Å². The highest BCUT2D eigenvalue weighted by molar-refractivity contribution is 6.43. The summed E-state index contributed by atoms with van der Waals surface area (Å²) >= 11 is 0. The van der Waals surface area contributed by atoms with Gasteiger partial charge in [0.05, 0.1) is 18.0 Å². The molecular weight excluding hydrogens is 276 g/mol. The third kappa shape index (κ3) is 3.27. The van der Waals surface area contributed by atoms with Gasteiger partial charge < -0.3 is 9.30 Å². The fourth-order valence-corrected chi connectivity index (χ4v) is 2.57. The van der Waals surface area contributed by atoms with Gasteiger partial charge in [0.1, 0.15) is 0 Å². The van der Waals surface area contributed by atoms with Crippen molar-refractivity contribution >= 4 is 17.4 Å². The summed E-state index contributed by atoms with van der Waals surface area (Å²) in [6.07, 6.45) is 1.89. The van der Waals surface area contributed by atoms with E-state index in [1.54, 1.807) is 6.92 Å². The molecule has 0 radical (unpaired) electrons. The molecule has 1 aromatic carbocycles. The van der Waals surface area contributed by atoms with Crippen LogP contribution in [-0.4, -0.2) is 22.9 Å². The summed E-state index contributed by atoms with van der Waals surface area (Å²) in [5, 5.41) is 0. The minimum absolute atomic E-state index is 0.328. The minimum atomic E-state index is -0.399. The largest absolute Gasteiger partial charge is 0.461 e. The highest BCUT2D eigenvalue weighted by Gasteiger charge is 2.19. The molecule has 0 saturated heterocycles. The number of aromatic nitrogens is 1. The van der Waals surface area contributed by atoms with Crippen molar-refractivity contribution in [3.63, 3.8) is 0 Å². The lowest BCUT2D eigenvalue weighted by Gasteiger charge is -2.11. The molecule has 0 fully saturated rings. The molecular formula is C18H22N2O2. The number of hydrogen-bond acceptors (Lipinski definition) is 3. The first-order chi connectivity index (χ1) is 10.4. The van der Waals surface area contributed by atoms with E-state index in [4.69, 9.17) is 4.74 Å². The van der Waals surface area contributed by atoms with Crippen molar-refractivity contribution in [1.29, 1.82) is 0 Å². The van der Waals surface area contributed by atoms with Crippen molar-refractivity contribution in [3.8, 4) is 0 Å². The Labute approximate surface area is 131 Å². The predicted octanol–water partition coefficient (Wildman–Crippen LogP) is 3.63. The monoisotopic (exact) mass is 298 g/mol. The summed E-state index contributed by atoms with van der Waals surface area (Å²) in [7, 11) is 1.89. The molecule has 0 spiro atoms. The number of rotatable bonds is 4. The fourth-order valence-electron chi connectivity index (χ4n) is 2.57. The molecule has 0 unspecified atom stereocenters. The predicted molar refractivity (Wildman–Crippen MR) is 88.9 cm³/mol. The molecule has 0 amide bonds. The van der Waals surface area contributed by atoms with Crippen molar-refractivity contribution in [2.24, 2.45) is 12.0 Å². The Bertz CT molecular complexity index is 703. The van der Waals surface area contributed by atoms with Crippen LogP contribution >= 0.6 is 0 Å². The summed E-state index contributed by atoms with van der Waals surface area (Å²) in [6.45, 7) is 8.19. The molecule has 2 aromatic rings. The number of aryl methyl sites for hydroxylation is 4. The van der Waals surface area contributed by atoms with Crippen molar-refractivity contribution < 1.29 is 9.53 Å². The number of hydrogen-bond donors (Lipinski definition) is 0.